The Labute approximate surface area is 176 Å². The summed E-state index contributed by atoms with van der Waals surface area (Å²) in [5.74, 6) is -0.172. The van der Waals surface area contributed by atoms with Crippen molar-refractivity contribution in [3.8, 4) is 10.6 Å². The second-order valence-corrected chi connectivity index (χ2v) is 7.78. The van der Waals surface area contributed by atoms with Gasteiger partial charge in [0.2, 0.25) is 5.91 Å². The number of benzene rings is 1. The maximum absolute atomic E-state index is 12.7. The van der Waals surface area contributed by atoms with E-state index in [0.29, 0.717) is 48.8 Å². The fourth-order valence-corrected chi connectivity index (χ4v) is 4.01. The number of carbonyl (C=O) groups excluding carboxylic acids is 2. The molecule has 0 saturated carbocycles. The fraction of sp³-hybridized carbons (Fsp3) is 0.450. The van der Waals surface area contributed by atoms with Crippen LogP contribution in [0.1, 0.15) is 31.0 Å². The topological polar surface area (TPSA) is 71.5 Å². The highest BCUT2D eigenvalue weighted by Gasteiger charge is 2.30. The van der Waals surface area contributed by atoms with E-state index in [0.717, 1.165) is 12.1 Å². The lowest BCUT2D eigenvalue weighted by atomic mass is 10.1. The number of halogens is 3. The summed E-state index contributed by atoms with van der Waals surface area (Å²) in [6, 6.07) is 4.78. The van der Waals surface area contributed by atoms with Crippen LogP contribution in [0.2, 0.25) is 0 Å². The Morgan fingerprint density at radius 3 is 2.50 bits per heavy atom. The van der Waals surface area contributed by atoms with Gasteiger partial charge in [0.1, 0.15) is 5.01 Å². The first kappa shape index (κ1) is 22.1. The van der Waals surface area contributed by atoms with Gasteiger partial charge in [0, 0.05) is 30.1 Å². The van der Waals surface area contributed by atoms with Gasteiger partial charge in [-0.1, -0.05) is 12.1 Å². The van der Waals surface area contributed by atoms with E-state index in [4.69, 9.17) is 4.74 Å². The third-order valence-electron chi connectivity index (χ3n) is 4.74. The van der Waals surface area contributed by atoms with Crippen molar-refractivity contribution in [1.82, 2.24) is 15.2 Å². The molecule has 30 heavy (non-hydrogen) atoms. The third kappa shape index (κ3) is 5.71. The number of rotatable bonds is 5. The number of hydrogen-bond donors (Lipinski definition) is 1. The number of alkyl halides is 3. The largest absolute Gasteiger partial charge is 0.450 e. The molecule has 2 amide bonds. The van der Waals surface area contributed by atoms with E-state index >= 15 is 0 Å². The Morgan fingerprint density at radius 2 is 1.90 bits per heavy atom. The quantitative estimate of drug-likeness (QED) is 0.758. The summed E-state index contributed by atoms with van der Waals surface area (Å²) in [7, 11) is 0. The Morgan fingerprint density at radius 1 is 1.23 bits per heavy atom. The molecule has 0 bridgehead atoms. The average molecular weight is 441 g/mol. The smallest absolute Gasteiger partial charge is 0.416 e. The highest BCUT2D eigenvalue weighted by Crippen LogP contribution is 2.31. The summed E-state index contributed by atoms with van der Waals surface area (Å²) in [6.45, 7) is 3.14. The molecule has 2 heterocycles. The molecule has 6 nitrogen and oxygen atoms in total. The molecular weight excluding hydrogens is 419 g/mol. The van der Waals surface area contributed by atoms with Gasteiger partial charge in [0.05, 0.1) is 24.3 Å². The van der Waals surface area contributed by atoms with Crippen LogP contribution in [0.15, 0.2) is 29.6 Å². The van der Waals surface area contributed by atoms with Crippen LogP contribution in [0.25, 0.3) is 10.6 Å². The number of ether oxygens (including phenoxy) is 1. The molecule has 0 radical (unpaired) electrons. The van der Waals surface area contributed by atoms with Gasteiger partial charge in [-0.05, 0) is 31.9 Å². The second kappa shape index (κ2) is 9.46. The van der Waals surface area contributed by atoms with Crippen LogP contribution in [0.3, 0.4) is 0 Å². The zero-order valence-electron chi connectivity index (χ0n) is 16.4. The Hall–Kier alpha value is -2.62. The van der Waals surface area contributed by atoms with E-state index in [1.54, 1.807) is 17.2 Å². The molecule has 1 aromatic carbocycles. The second-order valence-electron chi connectivity index (χ2n) is 6.92. The first-order chi connectivity index (χ1) is 14.3. The maximum atomic E-state index is 12.7. The molecule has 1 aromatic heterocycles. The van der Waals surface area contributed by atoms with E-state index in [1.165, 1.54) is 23.5 Å². The summed E-state index contributed by atoms with van der Waals surface area (Å²) in [6.07, 6.45) is -3.32. The number of carbonyl (C=O) groups is 2. The summed E-state index contributed by atoms with van der Waals surface area (Å²) in [5, 5.41) is 5.25. The number of likely N-dealkylation sites (tertiary alicyclic amines) is 1. The molecule has 1 aliphatic rings. The van der Waals surface area contributed by atoms with Crippen LogP contribution in [-0.4, -0.2) is 47.6 Å². The fourth-order valence-electron chi connectivity index (χ4n) is 3.19. The zero-order chi connectivity index (χ0) is 21.7. The number of amides is 2. The zero-order valence-corrected chi connectivity index (χ0v) is 17.2. The summed E-state index contributed by atoms with van der Waals surface area (Å²) < 4.78 is 43.0. The number of aromatic nitrogens is 1. The summed E-state index contributed by atoms with van der Waals surface area (Å²) >= 11 is 1.28. The molecule has 1 N–H and O–H groups in total. The molecule has 0 unspecified atom stereocenters. The minimum atomic E-state index is -4.38. The van der Waals surface area contributed by atoms with E-state index in [1.807, 2.05) is 0 Å². The molecule has 3 rings (SSSR count). The maximum Gasteiger partial charge on any atom is 0.416 e. The molecule has 0 spiro atoms. The molecule has 0 atom stereocenters. The lowest BCUT2D eigenvalue weighted by molar-refractivity contribution is -0.137. The molecule has 0 aliphatic carbocycles. The number of thiazole rings is 1. The summed E-state index contributed by atoms with van der Waals surface area (Å²) in [5.41, 5.74) is 0.429. The van der Waals surface area contributed by atoms with E-state index in [9.17, 15) is 22.8 Å². The van der Waals surface area contributed by atoms with Gasteiger partial charge in [0.25, 0.3) is 0 Å². The molecule has 1 aliphatic heterocycles. The van der Waals surface area contributed by atoms with Gasteiger partial charge in [-0.2, -0.15) is 13.2 Å². The predicted molar refractivity (Wildman–Crippen MR) is 106 cm³/mol. The van der Waals surface area contributed by atoms with Crippen molar-refractivity contribution >= 4 is 23.3 Å². The lowest BCUT2D eigenvalue weighted by Gasteiger charge is -2.31. The molecule has 1 fully saturated rings. The Balaban J connectivity index is 1.50. The van der Waals surface area contributed by atoms with E-state index in [-0.39, 0.29) is 24.5 Å². The molecule has 1 saturated heterocycles. The van der Waals surface area contributed by atoms with E-state index in [2.05, 4.69) is 10.3 Å². The van der Waals surface area contributed by atoms with Crippen molar-refractivity contribution in [2.24, 2.45) is 0 Å². The van der Waals surface area contributed by atoms with Crippen molar-refractivity contribution in [3.05, 3.63) is 40.9 Å². The van der Waals surface area contributed by atoms with Crippen LogP contribution in [-0.2, 0) is 22.1 Å². The molecule has 162 valence electrons. The first-order valence-electron chi connectivity index (χ1n) is 9.59. The molecule has 2 aromatic rings. The van der Waals surface area contributed by atoms with Gasteiger partial charge < -0.3 is 15.0 Å². The van der Waals surface area contributed by atoms with Crippen LogP contribution < -0.4 is 5.32 Å². The number of hydrogen-bond acceptors (Lipinski definition) is 5. The van der Waals surface area contributed by atoms with Gasteiger partial charge >= 0.3 is 12.3 Å². The van der Waals surface area contributed by atoms with Crippen molar-refractivity contribution < 1.29 is 27.5 Å². The summed E-state index contributed by atoms with van der Waals surface area (Å²) in [4.78, 5) is 30.0. The minimum absolute atomic E-state index is 0.0174. The van der Waals surface area contributed by atoms with Crippen LogP contribution >= 0.6 is 11.3 Å². The van der Waals surface area contributed by atoms with Crippen LogP contribution in [0.5, 0.6) is 0 Å². The van der Waals surface area contributed by atoms with Gasteiger partial charge in [0.15, 0.2) is 0 Å². The third-order valence-corrected chi connectivity index (χ3v) is 5.68. The first-order valence-corrected chi connectivity index (χ1v) is 10.5. The van der Waals surface area contributed by atoms with Crippen molar-refractivity contribution in [1.29, 1.82) is 0 Å². The lowest BCUT2D eigenvalue weighted by Crippen LogP contribution is -2.47. The van der Waals surface area contributed by atoms with Gasteiger partial charge in [-0.15, -0.1) is 11.3 Å². The van der Waals surface area contributed by atoms with Crippen LogP contribution in [0.4, 0.5) is 18.0 Å². The van der Waals surface area contributed by atoms with Crippen molar-refractivity contribution in [2.75, 3.05) is 19.7 Å². The van der Waals surface area contributed by atoms with Gasteiger partial charge in [-0.3, -0.25) is 4.79 Å². The molecule has 10 heteroatoms. The van der Waals surface area contributed by atoms with Crippen molar-refractivity contribution in [3.63, 3.8) is 0 Å². The minimum Gasteiger partial charge on any atom is -0.450 e. The standard InChI is InChI=1S/C20H22F3N3O3S/c1-2-29-19(28)26-9-7-15(8-10-26)24-17(27)11-16-12-30-18(25-16)13-3-5-14(6-4-13)20(21,22)23/h3-6,12,15H,2,7-11H2,1H3,(H,24,27). The SMILES string of the molecule is CCOC(=O)N1CCC(NC(=O)Cc2csc(-c3ccc(C(F)(F)F)cc3)n2)CC1. The molecular formula is C20H22F3N3O3S. The van der Waals surface area contributed by atoms with Gasteiger partial charge in [-0.25, -0.2) is 9.78 Å². The Bertz CT molecular complexity index is 875. The van der Waals surface area contributed by atoms with Crippen LogP contribution in [0, 0.1) is 0 Å². The predicted octanol–water partition coefficient (Wildman–Crippen LogP) is 4.11. The number of nitrogens with one attached hydrogen (secondary N) is 1. The Kier molecular flexibility index (Phi) is 6.96. The van der Waals surface area contributed by atoms with Crippen molar-refractivity contribution in [2.45, 2.75) is 38.4 Å². The monoisotopic (exact) mass is 441 g/mol. The number of piperidine rings is 1. The van der Waals surface area contributed by atoms with E-state index < -0.39 is 11.7 Å². The highest BCUT2D eigenvalue weighted by atomic mass is 32.1. The number of nitrogens with zero attached hydrogens (tertiary/aromatic N) is 2. The highest BCUT2D eigenvalue weighted by molar-refractivity contribution is 7.13. The average Bonchev–Trinajstić information content (AvgIpc) is 3.16. The normalized spacial score (nSPS) is 15.1.